The van der Waals surface area contributed by atoms with E-state index in [9.17, 15) is 0 Å². The first kappa shape index (κ1) is 20.7. The van der Waals surface area contributed by atoms with Gasteiger partial charge in [0.05, 0.1) is 8.07 Å². The zero-order chi connectivity index (χ0) is 15.6. The monoisotopic (exact) mass is 352 g/mol. The highest BCUT2D eigenvalue weighted by Gasteiger charge is 2.44. The summed E-state index contributed by atoms with van der Waals surface area (Å²) in [6.07, 6.45) is 0. The van der Waals surface area contributed by atoms with Crippen molar-refractivity contribution in [2.45, 2.75) is 62.5 Å². The van der Waals surface area contributed by atoms with Crippen LogP contribution in [0.25, 0.3) is 0 Å². The molecule has 0 fully saturated rings. The maximum atomic E-state index is 6.02. The standard InChI is InChI=1S/C13H36O3Si4/c1-8-17-11-18(14-4)12-20(15-5,16-6)13-19(7,9-2)10-3/h18H,8-13,17H2,1-7H3. The molecule has 3 nitrogen and oxygen atoms in total. The van der Waals surface area contributed by atoms with Crippen LogP contribution in [0.5, 0.6) is 0 Å². The summed E-state index contributed by atoms with van der Waals surface area (Å²) in [5.41, 5.74) is 3.78. The molecule has 0 radical (unpaired) electrons. The van der Waals surface area contributed by atoms with E-state index in [0.29, 0.717) is 0 Å². The highest BCUT2D eigenvalue weighted by molar-refractivity contribution is 6.95. The van der Waals surface area contributed by atoms with E-state index in [0.717, 1.165) is 5.67 Å². The third-order valence-electron chi connectivity index (χ3n) is 4.90. The zero-order valence-corrected chi connectivity index (χ0v) is 19.3. The second kappa shape index (κ2) is 10.5. The van der Waals surface area contributed by atoms with Gasteiger partial charge in [0, 0.05) is 36.5 Å². The first-order chi connectivity index (χ1) is 9.44. The lowest BCUT2D eigenvalue weighted by atomic mass is 10.9. The summed E-state index contributed by atoms with van der Waals surface area (Å²) in [4.78, 5) is 0. The summed E-state index contributed by atoms with van der Waals surface area (Å²) in [5.74, 6) is 0. The quantitative estimate of drug-likeness (QED) is 0.505. The first-order valence-electron chi connectivity index (χ1n) is 8.07. The topological polar surface area (TPSA) is 27.7 Å². The van der Waals surface area contributed by atoms with E-state index in [1.807, 2.05) is 21.3 Å². The number of hydrogen-bond acceptors (Lipinski definition) is 3. The van der Waals surface area contributed by atoms with Crippen molar-refractivity contribution in [3.63, 3.8) is 0 Å². The van der Waals surface area contributed by atoms with Gasteiger partial charge in [0.2, 0.25) is 0 Å². The summed E-state index contributed by atoms with van der Waals surface area (Å²) in [5, 5.41) is 0. The molecule has 0 bridgehead atoms. The normalized spacial score (nSPS) is 15.2. The maximum Gasteiger partial charge on any atom is 0.334 e. The van der Waals surface area contributed by atoms with E-state index in [2.05, 4.69) is 27.3 Å². The van der Waals surface area contributed by atoms with Gasteiger partial charge in [-0.05, 0) is 11.3 Å². The van der Waals surface area contributed by atoms with Crippen LogP contribution in [-0.4, -0.2) is 56.5 Å². The lowest BCUT2D eigenvalue weighted by molar-refractivity contribution is 0.249. The van der Waals surface area contributed by atoms with Gasteiger partial charge in [-0.2, -0.15) is 0 Å². The predicted molar refractivity (Wildman–Crippen MR) is 100.0 cm³/mol. The third-order valence-corrected chi connectivity index (χ3v) is 25.3. The molecule has 0 aliphatic carbocycles. The van der Waals surface area contributed by atoms with Gasteiger partial charge < -0.3 is 13.3 Å². The Morgan fingerprint density at radius 1 is 1.00 bits per heavy atom. The van der Waals surface area contributed by atoms with Crippen molar-refractivity contribution in [3.05, 3.63) is 0 Å². The summed E-state index contributed by atoms with van der Waals surface area (Å²) in [6, 6.07) is 4.04. The third kappa shape index (κ3) is 6.67. The second-order valence-corrected chi connectivity index (χ2v) is 22.7. The summed E-state index contributed by atoms with van der Waals surface area (Å²) < 4.78 is 17.9. The van der Waals surface area contributed by atoms with Crippen molar-refractivity contribution in [2.24, 2.45) is 0 Å². The fourth-order valence-electron chi connectivity index (χ4n) is 2.70. The van der Waals surface area contributed by atoms with Crippen molar-refractivity contribution in [2.75, 3.05) is 21.3 Å². The van der Waals surface area contributed by atoms with Crippen LogP contribution in [0.2, 0.25) is 41.7 Å². The molecule has 7 heteroatoms. The van der Waals surface area contributed by atoms with Crippen LogP contribution in [0, 0.1) is 0 Å². The summed E-state index contributed by atoms with van der Waals surface area (Å²) >= 11 is 0. The van der Waals surface area contributed by atoms with E-state index in [1.54, 1.807) is 0 Å². The highest BCUT2D eigenvalue weighted by atomic mass is 28.4. The molecule has 0 spiro atoms. The molecule has 0 saturated heterocycles. The first-order valence-corrected chi connectivity index (χ1v) is 17.5. The van der Waals surface area contributed by atoms with E-state index in [-0.39, 0.29) is 9.52 Å². The molecule has 1 atom stereocenters. The smallest absolute Gasteiger partial charge is 0.334 e. The zero-order valence-electron chi connectivity index (χ0n) is 14.8. The molecule has 1 unspecified atom stereocenters. The molecule has 0 saturated carbocycles. The number of hydrogen-bond donors (Lipinski definition) is 0. The molecule has 0 aromatic heterocycles. The van der Waals surface area contributed by atoms with Gasteiger partial charge in [0.15, 0.2) is 9.04 Å². The molecule has 0 aliphatic rings. The lowest BCUT2D eigenvalue weighted by Gasteiger charge is -2.37. The summed E-state index contributed by atoms with van der Waals surface area (Å²) in [7, 11) is 1.39. The second-order valence-electron chi connectivity index (χ2n) is 6.22. The molecule has 0 aromatic rings. The molecule has 0 heterocycles. The van der Waals surface area contributed by atoms with Crippen LogP contribution in [0.3, 0.4) is 0 Å². The van der Waals surface area contributed by atoms with Crippen LogP contribution < -0.4 is 0 Å². The van der Waals surface area contributed by atoms with Crippen molar-refractivity contribution < 1.29 is 13.3 Å². The summed E-state index contributed by atoms with van der Waals surface area (Å²) in [6.45, 7) is 9.50. The van der Waals surface area contributed by atoms with E-state index in [4.69, 9.17) is 13.3 Å². The Hall–Kier alpha value is 0.748. The average molecular weight is 353 g/mol. The minimum absolute atomic E-state index is 0.0859. The van der Waals surface area contributed by atoms with Crippen LogP contribution in [0.15, 0.2) is 0 Å². The Morgan fingerprint density at radius 3 is 1.90 bits per heavy atom. The molecular weight excluding hydrogens is 316 g/mol. The van der Waals surface area contributed by atoms with Crippen molar-refractivity contribution >= 4 is 35.2 Å². The molecule has 0 aromatic carbocycles. The highest BCUT2D eigenvalue weighted by Crippen LogP contribution is 2.31. The Labute approximate surface area is 132 Å². The van der Waals surface area contributed by atoms with Crippen molar-refractivity contribution in [1.29, 1.82) is 0 Å². The minimum Gasteiger partial charge on any atom is -0.424 e. The van der Waals surface area contributed by atoms with E-state index < -0.39 is 25.7 Å². The molecule has 0 aliphatic heterocycles. The van der Waals surface area contributed by atoms with Crippen LogP contribution in [0.1, 0.15) is 20.8 Å². The Kier molecular flexibility index (Phi) is 10.9. The molecule has 20 heavy (non-hydrogen) atoms. The predicted octanol–water partition coefficient (Wildman–Crippen LogP) is 2.85. The van der Waals surface area contributed by atoms with Crippen LogP contribution in [0.4, 0.5) is 0 Å². The van der Waals surface area contributed by atoms with Gasteiger partial charge in [0.1, 0.15) is 0 Å². The van der Waals surface area contributed by atoms with Crippen molar-refractivity contribution in [1.82, 2.24) is 0 Å². The largest absolute Gasteiger partial charge is 0.424 e. The van der Waals surface area contributed by atoms with Gasteiger partial charge >= 0.3 is 8.56 Å². The Bertz CT molecular complexity index is 246. The Morgan fingerprint density at radius 2 is 1.55 bits per heavy atom. The van der Waals surface area contributed by atoms with Gasteiger partial charge in [-0.25, -0.2) is 0 Å². The maximum absolute atomic E-state index is 6.02. The lowest BCUT2D eigenvalue weighted by Crippen LogP contribution is -2.51. The SMILES string of the molecule is CC[SiH2]C[SiH](C[Si](C[Si](C)(CC)CC)(OC)OC)OC. The molecule has 0 N–H and O–H groups in total. The van der Waals surface area contributed by atoms with Crippen LogP contribution >= 0.6 is 0 Å². The fourth-order valence-corrected chi connectivity index (χ4v) is 25.4. The van der Waals surface area contributed by atoms with Crippen LogP contribution in [-0.2, 0) is 13.3 Å². The molecule has 122 valence electrons. The van der Waals surface area contributed by atoms with Gasteiger partial charge in [0.25, 0.3) is 0 Å². The minimum atomic E-state index is -2.03. The van der Waals surface area contributed by atoms with E-state index in [1.165, 1.54) is 29.5 Å². The fraction of sp³-hybridized carbons (Fsp3) is 1.00. The van der Waals surface area contributed by atoms with Gasteiger partial charge in [-0.1, -0.05) is 45.5 Å². The van der Waals surface area contributed by atoms with Crippen molar-refractivity contribution in [3.8, 4) is 0 Å². The van der Waals surface area contributed by atoms with Gasteiger partial charge in [-0.15, -0.1) is 0 Å². The molecule has 0 amide bonds. The Balaban J connectivity index is 4.89. The number of rotatable bonds is 12. The molecule has 0 rings (SSSR count). The average Bonchev–Trinajstić information content (AvgIpc) is 2.50. The van der Waals surface area contributed by atoms with Gasteiger partial charge in [-0.3, -0.25) is 0 Å². The molecular formula is C13H36O3Si4. The van der Waals surface area contributed by atoms with E-state index >= 15 is 0 Å².